The first-order valence-corrected chi connectivity index (χ1v) is 24.4. The van der Waals surface area contributed by atoms with Gasteiger partial charge in [-0.1, -0.05) is 51.8 Å². The minimum absolute atomic E-state index is 0.0583. The number of para-hydroxylation sites is 1. The van der Waals surface area contributed by atoms with Crippen molar-refractivity contribution in [3.05, 3.63) is 42.5 Å². The van der Waals surface area contributed by atoms with Crippen LogP contribution in [-0.4, -0.2) is 120 Å². The summed E-state index contributed by atoms with van der Waals surface area (Å²) >= 11 is 0. The highest BCUT2D eigenvalue weighted by atomic mass is 32.2. The van der Waals surface area contributed by atoms with Gasteiger partial charge in [0, 0.05) is 30.8 Å². The van der Waals surface area contributed by atoms with E-state index in [1.807, 2.05) is 24.3 Å². The molecule has 3 aliphatic carbocycles. The van der Waals surface area contributed by atoms with Crippen LogP contribution in [0.3, 0.4) is 0 Å². The van der Waals surface area contributed by atoms with E-state index in [0.717, 1.165) is 24.6 Å². The summed E-state index contributed by atoms with van der Waals surface area (Å²) in [4.78, 5) is 64.5. The number of nitrogens with one attached hydrogen (secondary N) is 3. The Bertz CT molecular complexity index is 2310. The number of aromatic nitrogens is 1. The molecule has 3 saturated carbocycles. The zero-order valence-corrected chi connectivity index (χ0v) is 38.3. The number of carbonyl (C=O) groups is 4. The van der Waals surface area contributed by atoms with Crippen LogP contribution in [0.25, 0.3) is 10.9 Å². The van der Waals surface area contributed by atoms with E-state index in [2.05, 4.69) is 21.9 Å². The van der Waals surface area contributed by atoms with E-state index >= 15 is 0 Å². The summed E-state index contributed by atoms with van der Waals surface area (Å²) in [6.45, 7) is 10.0. The van der Waals surface area contributed by atoms with Crippen molar-refractivity contribution in [1.82, 2.24) is 30.1 Å². The summed E-state index contributed by atoms with van der Waals surface area (Å²) in [6.07, 6.45) is 0.948. The molecule has 0 spiro atoms. The molecule has 2 saturated heterocycles. The second-order valence-corrected chi connectivity index (χ2v) is 22.5. The van der Waals surface area contributed by atoms with Crippen molar-refractivity contribution in [3.63, 3.8) is 0 Å². The SMILES string of the molecule is C=C[C@H]1C[C@]1(NC(=O)[C@@H]1C[C@@H]2CN1C(=O)[C@H](C(C)(C)C)NC(=O)O[C@@H]1C[C@H]1CCCCCc1c(nc3ccccc3c1OC1CCN(CC(F)(F)F)CC1)O2)C(=O)NS(=O)(=O)C1(C)CC1. The van der Waals surface area contributed by atoms with Crippen LogP contribution in [0, 0.1) is 17.3 Å². The largest absolute Gasteiger partial charge is 0.489 e. The molecule has 5 fully saturated rings. The molecule has 0 radical (unpaired) electrons. The van der Waals surface area contributed by atoms with Gasteiger partial charge in [-0.25, -0.2) is 18.2 Å². The zero-order valence-electron chi connectivity index (χ0n) is 37.5. The monoisotopic (exact) mass is 930 g/mol. The van der Waals surface area contributed by atoms with Gasteiger partial charge in [-0.2, -0.15) is 13.2 Å². The number of alkyl carbamates (subject to hydrolysis) is 1. The number of nitrogens with zero attached hydrogens (tertiary/aromatic N) is 3. The van der Waals surface area contributed by atoms with Gasteiger partial charge in [0.05, 0.1) is 28.9 Å². The maximum Gasteiger partial charge on any atom is 0.408 e. The average molecular weight is 931 g/mol. The maximum atomic E-state index is 14.9. The molecule has 3 N–H and O–H groups in total. The highest BCUT2D eigenvalue weighted by molar-refractivity contribution is 7.91. The molecule has 2 bridgehead atoms. The number of halogens is 3. The van der Waals surface area contributed by atoms with Gasteiger partial charge >= 0.3 is 12.3 Å². The molecule has 3 aliphatic heterocycles. The lowest BCUT2D eigenvalue weighted by molar-refractivity contribution is -0.149. The Labute approximate surface area is 378 Å². The molecule has 15 nitrogen and oxygen atoms in total. The number of fused-ring (bicyclic) bond motifs is 5. The Morgan fingerprint density at radius 2 is 1.77 bits per heavy atom. The second kappa shape index (κ2) is 17.5. The topological polar surface area (TPSA) is 186 Å². The predicted octanol–water partition coefficient (Wildman–Crippen LogP) is 5.69. The zero-order chi connectivity index (χ0) is 46.7. The number of carbonyl (C=O) groups excluding carboxylic acids is 4. The van der Waals surface area contributed by atoms with E-state index in [1.165, 1.54) is 15.9 Å². The predicted molar refractivity (Wildman–Crippen MR) is 233 cm³/mol. The third-order valence-electron chi connectivity index (χ3n) is 14.1. The van der Waals surface area contributed by atoms with E-state index in [-0.39, 0.29) is 56.5 Å². The Balaban J connectivity index is 1.13. The van der Waals surface area contributed by atoms with Gasteiger partial charge < -0.3 is 29.7 Å². The molecule has 4 heterocycles. The van der Waals surface area contributed by atoms with Gasteiger partial charge in [-0.15, -0.1) is 6.58 Å². The smallest absolute Gasteiger partial charge is 0.408 e. The summed E-state index contributed by atoms with van der Waals surface area (Å²) < 4.78 is 86.6. The maximum absolute atomic E-state index is 14.9. The first kappa shape index (κ1) is 46.9. The molecule has 0 unspecified atom stereocenters. The molecule has 65 heavy (non-hydrogen) atoms. The quantitative estimate of drug-likeness (QED) is 0.263. The van der Waals surface area contributed by atoms with E-state index in [1.54, 1.807) is 27.7 Å². The van der Waals surface area contributed by atoms with Gasteiger partial charge in [0.2, 0.25) is 27.7 Å². The van der Waals surface area contributed by atoms with Crippen molar-refractivity contribution in [3.8, 4) is 11.6 Å². The summed E-state index contributed by atoms with van der Waals surface area (Å²) in [5, 5.41) is 6.33. The molecule has 6 aliphatic rings. The average Bonchev–Trinajstić information content (AvgIpc) is 4.19. The standard InChI is InChI=1S/C46H61F3N6O9S/c1-6-28-24-45(28,41(58)53-65(60,61)44(5)18-19-44)52-38(56)34-23-30-25-55(34)40(57)37(43(2,3)4)51-42(59)64-35-22-27(35)12-8-7-9-14-32-36(31-13-10-11-15-33(31)50-39(32)63-30)62-29-16-20-54(21-17-29)26-46(47,48)49/h6,10-11,13,15,27-30,34-35,37H,1,7-9,12,14,16-26H2,2-5H3,(H,51,59)(H,52,56)(H,53,58)/t27-,28+,30-,34+,35-,37-,45-/m1/s1. The highest BCUT2D eigenvalue weighted by Crippen LogP contribution is 2.48. The number of hydrogen-bond acceptors (Lipinski definition) is 11. The van der Waals surface area contributed by atoms with Crippen LogP contribution in [0.5, 0.6) is 11.6 Å². The van der Waals surface area contributed by atoms with Crippen LogP contribution < -0.4 is 24.8 Å². The van der Waals surface area contributed by atoms with Gasteiger partial charge in [0.1, 0.15) is 41.7 Å². The lowest BCUT2D eigenvalue weighted by atomic mass is 9.85. The summed E-state index contributed by atoms with van der Waals surface area (Å²) in [5.74, 6) is -1.82. The fourth-order valence-corrected chi connectivity index (χ4v) is 10.9. The second-order valence-electron chi connectivity index (χ2n) is 20.3. The van der Waals surface area contributed by atoms with Crippen molar-refractivity contribution >= 4 is 44.7 Å². The number of benzene rings is 1. The third kappa shape index (κ3) is 10.2. The normalized spacial score (nSPS) is 30.0. The molecule has 1 aromatic heterocycles. The fraction of sp³-hybridized carbons (Fsp3) is 0.674. The van der Waals surface area contributed by atoms with E-state index in [0.29, 0.717) is 61.8 Å². The molecule has 356 valence electrons. The minimum atomic E-state index is -4.31. The Morgan fingerprint density at radius 3 is 2.43 bits per heavy atom. The lowest BCUT2D eigenvalue weighted by Crippen LogP contribution is -2.60. The molecule has 1 aromatic carbocycles. The number of rotatable bonds is 9. The van der Waals surface area contributed by atoms with Crippen LogP contribution in [0.15, 0.2) is 36.9 Å². The number of likely N-dealkylation sites (tertiary alicyclic amines) is 1. The number of sulfonamides is 1. The van der Waals surface area contributed by atoms with Crippen molar-refractivity contribution in [2.75, 3.05) is 26.2 Å². The van der Waals surface area contributed by atoms with Crippen LogP contribution in [0.1, 0.15) is 104 Å². The number of alkyl halides is 3. The van der Waals surface area contributed by atoms with Gasteiger partial charge in [0.15, 0.2) is 0 Å². The number of pyridine rings is 1. The molecule has 2 aromatic rings. The van der Waals surface area contributed by atoms with Crippen LogP contribution >= 0.6 is 0 Å². The molecular weight excluding hydrogens is 870 g/mol. The van der Waals surface area contributed by atoms with Gasteiger partial charge in [-0.3, -0.25) is 24.0 Å². The van der Waals surface area contributed by atoms with Crippen molar-refractivity contribution in [2.24, 2.45) is 17.3 Å². The van der Waals surface area contributed by atoms with Crippen LogP contribution in [0.4, 0.5) is 18.0 Å². The summed E-state index contributed by atoms with van der Waals surface area (Å²) in [6, 6.07) is 5.01. The van der Waals surface area contributed by atoms with Gasteiger partial charge in [-0.05, 0) is 88.2 Å². The first-order valence-electron chi connectivity index (χ1n) is 22.9. The Hall–Kier alpha value is -4.65. The third-order valence-corrected chi connectivity index (χ3v) is 16.3. The summed E-state index contributed by atoms with van der Waals surface area (Å²) in [7, 11) is -4.06. The molecule has 7 atom stereocenters. The molecule has 19 heteroatoms. The Morgan fingerprint density at radius 1 is 1.05 bits per heavy atom. The molecule has 8 rings (SSSR count). The van der Waals surface area contributed by atoms with Crippen molar-refractivity contribution in [1.29, 1.82) is 0 Å². The lowest BCUT2D eigenvalue weighted by Gasteiger charge is -2.35. The van der Waals surface area contributed by atoms with Crippen LogP contribution in [0.2, 0.25) is 0 Å². The molecular formula is C46H61F3N6O9S. The van der Waals surface area contributed by atoms with Crippen molar-refractivity contribution < 1.29 is 55.0 Å². The number of hydrogen-bond donors (Lipinski definition) is 3. The Kier molecular flexibility index (Phi) is 12.6. The number of amides is 4. The van der Waals surface area contributed by atoms with E-state index in [4.69, 9.17) is 19.2 Å². The first-order chi connectivity index (χ1) is 30.6. The van der Waals surface area contributed by atoms with E-state index < -0.39 is 86.4 Å². The van der Waals surface area contributed by atoms with E-state index in [9.17, 15) is 40.8 Å². The van der Waals surface area contributed by atoms with Crippen molar-refractivity contribution in [2.45, 2.75) is 152 Å². The molecule has 4 amide bonds. The fourth-order valence-electron chi connectivity index (χ4n) is 9.57. The summed E-state index contributed by atoms with van der Waals surface area (Å²) in [5.41, 5.74) is -1.26. The van der Waals surface area contributed by atoms with Crippen LogP contribution in [-0.2, 0) is 35.6 Å². The van der Waals surface area contributed by atoms with Gasteiger partial charge in [0.25, 0.3) is 5.91 Å². The minimum Gasteiger partial charge on any atom is -0.489 e. The highest BCUT2D eigenvalue weighted by Gasteiger charge is 2.63. The number of piperidine rings is 1. The number of ether oxygens (including phenoxy) is 3.